The zero-order valence-corrected chi connectivity index (χ0v) is 17.6. The number of esters is 1. The zero-order chi connectivity index (χ0) is 19.9. The third-order valence-electron chi connectivity index (χ3n) is 5.22. The molecule has 1 unspecified atom stereocenters. The highest BCUT2D eigenvalue weighted by Gasteiger charge is 2.29. The van der Waals surface area contributed by atoms with Gasteiger partial charge in [-0.15, -0.1) is 0 Å². The van der Waals surface area contributed by atoms with E-state index in [1.165, 1.54) is 6.26 Å². The van der Waals surface area contributed by atoms with Gasteiger partial charge in [0.25, 0.3) is 0 Å². The lowest BCUT2D eigenvalue weighted by Crippen LogP contribution is -2.48. The van der Waals surface area contributed by atoms with Gasteiger partial charge in [-0.25, -0.2) is 12.7 Å². The Balaban J connectivity index is 1.93. The maximum atomic E-state index is 12.1. The molecule has 0 bridgehead atoms. The van der Waals surface area contributed by atoms with E-state index >= 15 is 0 Å². The molecule has 0 aromatic heterocycles. The number of rotatable bonds is 6. The van der Waals surface area contributed by atoms with Crippen LogP contribution in [0.25, 0.3) is 0 Å². The van der Waals surface area contributed by atoms with Crippen molar-refractivity contribution in [1.29, 1.82) is 0 Å². The number of hydrogen-bond donors (Lipinski definition) is 1. The number of guanidine groups is 1. The van der Waals surface area contributed by atoms with Gasteiger partial charge in [0, 0.05) is 39.3 Å². The summed E-state index contributed by atoms with van der Waals surface area (Å²) >= 11 is 0. The number of piperidine rings is 2. The van der Waals surface area contributed by atoms with Crippen LogP contribution in [0.2, 0.25) is 0 Å². The maximum Gasteiger partial charge on any atom is 0.310 e. The molecule has 9 heteroatoms. The summed E-state index contributed by atoms with van der Waals surface area (Å²) in [5.74, 6) is 1.02. The van der Waals surface area contributed by atoms with Gasteiger partial charge in [-0.1, -0.05) is 0 Å². The van der Waals surface area contributed by atoms with Gasteiger partial charge in [-0.2, -0.15) is 0 Å². The van der Waals surface area contributed by atoms with E-state index in [1.54, 1.807) is 4.31 Å². The van der Waals surface area contributed by atoms with Crippen LogP contribution in [0.5, 0.6) is 0 Å². The first-order valence-corrected chi connectivity index (χ1v) is 11.8. The van der Waals surface area contributed by atoms with Gasteiger partial charge in [0.05, 0.1) is 18.8 Å². The molecule has 2 saturated heterocycles. The van der Waals surface area contributed by atoms with Crippen molar-refractivity contribution < 1.29 is 17.9 Å². The second-order valence-corrected chi connectivity index (χ2v) is 9.32. The smallest absolute Gasteiger partial charge is 0.310 e. The van der Waals surface area contributed by atoms with Crippen molar-refractivity contribution >= 4 is 22.0 Å². The molecule has 2 fully saturated rings. The molecule has 1 N–H and O–H groups in total. The predicted molar refractivity (Wildman–Crippen MR) is 106 cm³/mol. The summed E-state index contributed by atoms with van der Waals surface area (Å²) in [4.78, 5) is 19.0. The summed E-state index contributed by atoms with van der Waals surface area (Å²) < 4.78 is 30.0. The molecule has 0 saturated carbocycles. The minimum atomic E-state index is -3.09. The molecule has 8 nitrogen and oxygen atoms in total. The molecular formula is C18H34N4O4S. The molecule has 2 rings (SSSR count). The Labute approximate surface area is 163 Å². The quantitative estimate of drug-likeness (QED) is 0.403. The molecule has 156 valence electrons. The third-order valence-corrected chi connectivity index (χ3v) is 6.52. The highest BCUT2D eigenvalue weighted by molar-refractivity contribution is 7.88. The molecule has 0 radical (unpaired) electrons. The molecule has 2 aliphatic heterocycles. The fourth-order valence-electron chi connectivity index (χ4n) is 3.69. The first-order chi connectivity index (χ1) is 12.8. The monoisotopic (exact) mass is 402 g/mol. The Morgan fingerprint density at radius 1 is 1.19 bits per heavy atom. The minimum Gasteiger partial charge on any atom is -0.466 e. The van der Waals surface area contributed by atoms with Crippen LogP contribution in [-0.2, 0) is 19.6 Å². The average Bonchev–Trinajstić information content (AvgIpc) is 2.65. The number of sulfonamides is 1. The standard InChI is InChI=1S/C18H34N4O4S/c1-4-19-18(21-10-6-7-16(14-21)17(23)26-5-2)20-13-15-8-11-22(12-9-15)27(3,24)25/h15-16H,4-14H2,1-3H3,(H,19,20). The Kier molecular flexibility index (Phi) is 8.34. The van der Waals surface area contributed by atoms with E-state index in [0.717, 1.165) is 44.7 Å². The van der Waals surface area contributed by atoms with E-state index in [4.69, 9.17) is 9.73 Å². The van der Waals surface area contributed by atoms with Crippen LogP contribution in [0.3, 0.4) is 0 Å². The van der Waals surface area contributed by atoms with E-state index in [1.807, 2.05) is 13.8 Å². The largest absolute Gasteiger partial charge is 0.466 e. The van der Waals surface area contributed by atoms with Crippen LogP contribution >= 0.6 is 0 Å². The van der Waals surface area contributed by atoms with Crippen molar-refractivity contribution in [1.82, 2.24) is 14.5 Å². The van der Waals surface area contributed by atoms with Crippen molar-refractivity contribution in [2.24, 2.45) is 16.8 Å². The lowest BCUT2D eigenvalue weighted by atomic mass is 9.98. The topological polar surface area (TPSA) is 91.3 Å². The van der Waals surface area contributed by atoms with Gasteiger partial charge in [-0.3, -0.25) is 9.79 Å². The molecular weight excluding hydrogens is 368 g/mol. The van der Waals surface area contributed by atoms with Crippen molar-refractivity contribution in [3.05, 3.63) is 0 Å². The first kappa shape index (κ1) is 21.9. The molecule has 0 aliphatic carbocycles. The van der Waals surface area contributed by atoms with Gasteiger partial charge in [0.15, 0.2) is 5.96 Å². The molecule has 27 heavy (non-hydrogen) atoms. The summed E-state index contributed by atoms with van der Waals surface area (Å²) in [7, 11) is -3.09. The fourth-order valence-corrected chi connectivity index (χ4v) is 4.56. The normalized spacial score (nSPS) is 23.3. The average molecular weight is 403 g/mol. The fraction of sp³-hybridized carbons (Fsp3) is 0.889. The number of aliphatic imine (C=N–C) groups is 1. The second-order valence-electron chi connectivity index (χ2n) is 7.34. The number of ether oxygens (including phenoxy) is 1. The zero-order valence-electron chi connectivity index (χ0n) is 16.8. The minimum absolute atomic E-state index is 0.0967. The van der Waals surface area contributed by atoms with Crippen molar-refractivity contribution in [3.8, 4) is 0 Å². The van der Waals surface area contributed by atoms with Crippen molar-refractivity contribution in [2.75, 3.05) is 52.1 Å². The van der Waals surface area contributed by atoms with E-state index in [-0.39, 0.29) is 11.9 Å². The summed E-state index contributed by atoms with van der Waals surface area (Å²) in [6.45, 7) is 8.40. The third kappa shape index (κ3) is 6.64. The molecule has 2 aliphatic rings. The van der Waals surface area contributed by atoms with E-state index in [9.17, 15) is 13.2 Å². The van der Waals surface area contributed by atoms with Crippen molar-refractivity contribution in [2.45, 2.75) is 39.5 Å². The number of likely N-dealkylation sites (tertiary alicyclic amines) is 1. The van der Waals surface area contributed by atoms with E-state index < -0.39 is 10.0 Å². The van der Waals surface area contributed by atoms with E-state index in [2.05, 4.69) is 10.2 Å². The summed E-state index contributed by atoms with van der Waals surface area (Å²) in [5.41, 5.74) is 0. The highest BCUT2D eigenvalue weighted by Crippen LogP contribution is 2.21. The van der Waals surface area contributed by atoms with Crippen LogP contribution < -0.4 is 5.32 Å². The molecule has 0 aromatic rings. The van der Waals surface area contributed by atoms with E-state index in [0.29, 0.717) is 38.7 Å². The number of nitrogens with zero attached hydrogens (tertiary/aromatic N) is 3. The van der Waals surface area contributed by atoms with Crippen LogP contribution in [0.4, 0.5) is 0 Å². The van der Waals surface area contributed by atoms with Crippen LogP contribution in [0.1, 0.15) is 39.5 Å². The lowest BCUT2D eigenvalue weighted by molar-refractivity contribution is -0.149. The van der Waals surface area contributed by atoms with Gasteiger partial charge in [-0.05, 0) is 45.4 Å². The van der Waals surface area contributed by atoms with Crippen LogP contribution in [0, 0.1) is 11.8 Å². The van der Waals surface area contributed by atoms with Gasteiger partial charge in [0.2, 0.25) is 10.0 Å². The maximum absolute atomic E-state index is 12.1. The number of carbonyl (C=O) groups excluding carboxylic acids is 1. The molecule has 0 spiro atoms. The second kappa shape index (κ2) is 10.3. The first-order valence-electron chi connectivity index (χ1n) is 10.00. The number of nitrogens with one attached hydrogen (secondary N) is 1. The molecule has 2 heterocycles. The van der Waals surface area contributed by atoms with Gasteiger partial charge >= 0.3 is 5.97 Å². The Morgan fingerprint density at radius 2 is 1.89 bits per heavy atom. The van der Waals surface area contributed by atoms with Crippen LogP contribution in [0.15, 0.2) is 4.99 Å². The Hall–Kier alpha value is -1.35. The number of hydrogen-bond acceptors (Lipinski definition) is 5. The summed E-state index contributed by atoms with van der Waals surface area (Å²) in [5, 5.41) is 3.33. The summed E-state index contributed by atoms with van der Waals surface area (Å²) in [6, 6.07) is 0. The molecule has 0 aromatic carbocycles. The SMILES string of the molecule is CCNC(=NCC1CCN(S(C)(=O)=O)CC1)N1CCCC(C(=O)OCC)C1. The van der Waals surface area contributed by atoms with Crippen molar-refractivity contribution in [3.63, 3.8) is 0 Å². The highest BCUT2D eigenvalue weighted by atomic mass is 32.2. The Bertz CT molecular complexity index is 615. The Morgan fingerprint density at radius 3 is 2.48 bits per heavy atom. The van der Waals surface area contributed by atoms with Gasteiger partial charge < -0.3 is 15.0 Å². The van der Waals surface area contributed by atoms with Crippen LogP contribution in [-0.4, -0.2) is 81.7 Å². The lowest BCUT2D eigenvalue weighted by Gasteiger charge is -2.34. The molecule has 0 amide bonds. The predicted octanol–water partition coefficient (Wildman–Crippen LogP) is 0.899. The number of carbonyl (C=O) groups is 1. The van der Waals surface area contributed by atoms with Gasteiger partial charge in [0.1, 0.15) is 0 Å². The summed E-state index contributed by atoms with van der Waals surface area (Å²) in [6.07, 6.45) is 4.74. The molecule has 1 atom stereocenters.